The van der Waals surface area contributed by atoms with Crippen molar-refractivity contribution in [3.63, 3.8) is 0 Å². The summed E-state index contributed by atoms with van der Waals surface area (Å²) in [6, 6.07) is 6.90. The van der Waals surface area contributed by atoms with Gasteiger partial charge in [-0.15, -0.1) is 0 Å². The molecule has 124 valence electrons. The summed E-state index contributed by atoms with van der Waals surface area (Å²) in [5, 5.41) is 6.22. The second kappa shape index (κ2) is 8.48. The van der Waals surface area contributed by atoms with Crippen LogP contribution in [-0.2, 0) is 4.79 Å². The average molecular weight is 315 g/mol. The Hall–Kier alpha value is -2.14. The van der Waals surface area contributed by atoms with Crippen molar-refractivity contribution in [1.29, 1.82) is 0 Å². The van der Waals surface area contributed by atoms with Gasteiger partial charge in [0.2, 0.25) is 11.8 Å². The molecule has 5 heteroatoms. The second-order valence-corrected chi connectivity index (χ2v) is 5.94. The molecule has 4 N–H and O–H groups in total. The van der Waals surface area contributed by atoms with Crippen LogP contribution in [-0.4, -0.2) is 24.4 Å². The Labute approximate surface area is 137 Å². The van der Waals surface area contributed by atoms with E-state index in [4.69, 9.17) is 5.73 Å². The highest BCUT2D eigenvalue weighted by molar-refractivity contribution is 5.94. The summed E-state index contributed by atoms with van der Waals surface area (Å²) in [4.78, 5) is 22.9. The summed E-state index contributed by atoms with van der Waals surface area (Å²) in [5.41, 5.74) is 7.74. The molecule has 0 radical (unpaired) electrons. The Balaban J connectivity index is 1.72. The number of nitrogens with one attached hydrogen (secondary N) is 2. The molecular formula is C18H25N3O2. The first-order chi connectivity index (χ1) is 11.1. The molecule has 2 amide bonds. The van der Waals surface area contributed by atoms with E-state index in [0.717, 1.165) is 6.42 Å². The third kappa shape index (κ3) is 5.53. The lowest BCUT2D eigenvalue weighted by Crippen LogP contribution is -2.31. The van der Waals surface area contributed by atoms with E-state index in [-0.39, 0.29) is 5.91 Å². The Morgan fingerprint density at radius 2 is 1.96 bits per heavy atom. The molecular weight excluding hydrogens is 290 g/mol. The van der Waals surface area contributed by atoms with Crippen molar-refractivity contribution in [2.24, 2.45) is 5.73 Å². The lowest BCUT2D eigenvalue weighted by Gasteiger charge is -2.20. The molecule has 1 aromatic carbocycles. The SMILES string of the molecule is C[C@@H](NCCC(=O)Nc1ccc(C(N)=O)cc1)C1=CCCCC1. The van der Waals surface area contributed by atoms with Crippen LogP contribution in [0.15, 0.2) is 35.9 Å². The van der Waals surface area contributed by atoms with Gasteiger partial charge in [0.25, 0.3) is 0 Å². The number of amides is 2. The van der Waals surface area contributed by atoms with Crippen LogP contribution in [0, 0.1) is 0 Å². The predicted octanol–water partition coefficient (Wildman–Crippen LogP) is 2.59. The summed E-state index contributed by atoms with van der Waals surface area (Å²) in [6.45, 7) is 2.79. The van der Waals surface area contributed by atoms with E-state index in [1.807, 2.05) is 0 Å². The van der Waals surface area contributed by atoms with Crippen LogP contribution in [0.3, 0.4) is 0 Å². The van der Waals surface area contributed by atoms with Gasteiger partial charge < -0.3 is 16.4 Å². The van der Waals surface area contributed by atoms with E-state index in [1.165, 1.54) is 24.8 Å². The monoisotopic (exact) mass is 315 g/mol. The molecule has 5 nitrogen and oxygen atoms in total. The number of benzene rings is 1. The molecule has 1 aliphatic rings. The molecule has 0 spiro atoms. The molecule has 0 fully saturated rings. The van der Waals surface area contributed by atoms with Crippen LogP contribution in [0.1, 0.15) is 49.4 Å². The van der Waals surface area contributed by atoms with Crippen LogP contribution in [0.2, 0.25) is 0 Å². The van der Waals surface area contributed by atoms with Crippen molar-refractivity contribution >= 4 is 17.5 Å². The lowest BCUT2D eigenvalue weighted by atomic mass is 9.95. The van der Waals surface area contributed by atoms with Gasteiger partial charge in [0.1, 0.15) is 0 Å². The van der Waals surface area contributed by atoms with Crippen LogP contribution < -0.4 is 16.4 Å². The molecule has 1 aromatic rings. The average Bonchev–Trinajstić information content (AvgIpc) is 2.56. The molecule has 0 saturated carbocycles. The van der Waals surface area contributed by atoms with E-state index in [0.29, 0.717) is 30.3 Å². The van der Waals surface area contributed by atoms with Gasteiger partial charge in [-0.3, -0.25) is 9.59 Å². The van der Waals surface area contributed by atoms with Crippen LogP contribution in [0.5, 0.6) is 0 Å². The number of carbonyl (C=O) groups excluding carboxylic acids is 2. The van der Waals surface area contributed by atoms with Crippen LogP contribution >= 0.6 is 0 Å². The van der Waals surface area contributed by atoms with E-state index in [1.54, 1.807) is 24.3 Å². The van der Waals surface area contributed by atoms with Crippen molar-refractivity contribution in [3.8, 4) is 0 Å². The number of carbonyl (C=O) groups is 2. The van der Waals surface area contributed by atoms with E-state index in [9.17, 15) is 9.59 Å². The van der Waals surface area contributed by atoms with Crippen molar-refractivity contribution in [1.82, 2.24) is 5.32 Å². The number of anilines is 1. The normalized spacial score (nSPS) is 15.6. The van der Waals surface area contributed by atoms with Gasteiger partial charge in [-0.25, -0.2) is 0 Å². The van der Waals surface area contributed by atoms with E-state index < -0.39 is 5.91 Å². The van der Waals surface area contributed by atoms with Gasteiger partial charge in [0.15, 0.2) is 0 Å². The van der Waals surface area contributed by atoms with Gasteiger partial charge >= 0.3 is 0 Å². The number of primary amides is 1. The molecule has 0 bridgehead atoms. The quantitative estimate of drug-likeness (QED) is 0.676. The number of allylic oxidation sites excluding steroid dienone is 1. The maximum atomic E-state index is 11.9. The molecule has 1 aliphatic carbocycles. The first-order valence-electron chi connectivity index (χ1n) is 8.18. The smallest absolute Gasteiger partial charge is 0.248 e. The molecule has 0 heterocycles. The van der Waals surface area contributed by atoms with Crippen molar-refractivity contribution in [2.45, 2.75) is 45.1 Å². The highest BCUT2D eigenvalue weighted by atomic mass is 16.2. The van der Waals surface area contributed by atoms with E-state index in [2.05, 4.69) is 23.6 Å². The summed E-state index contributed by atoms with van der Waals surface area (Å²) < 4.78 is 0. The summed E-state index contributed by atoms with van der Waals surface area (Å²) in [7, 11) is 0. The third-order valence-corrected chi connectivity index (χ3v) is 4.14. The fourth-order valence-electron chi connectivity index (χ4n) is 2.73. The van der Waals surface area contributed by atoms with E-state index >= 15 is 0 Å². The minimum Gasteiger partial charge on any atom is -0.366 e. The minimum atomic E-state index is -0.474. The van der Waals surface area contributed by atoms with Gasteiger partial charge in [0, 0.05) is 30.3 Å². The van der Waals surface area contributed by atoms with Gasteiger partial charge in [-0.2, -0.15) is 0 Å². The summed E-state index contributed by atoms with van der Waals surface area (Å²) in [5.74, 6) is -0.521. The number of hydrogen-bond acceptors (Lipinski definition) is 3. The van der Waals surface area contributed by atoms with Crippen LogP contribution in [0.25, 0.3) is 0 Å². The standard InChI is InChI=1S/C18H25N3O2/c1-13(14-5-3-2-4-6-14)20-12-11-17(22)21-16-9-7-15(8-10-16)18(19)23/h5,7-10,13,20H,2-4,6,11-12H2,1H3,(H2,19,23)(H,21,22)/t13-/m1/s1. The maximum absolute atomic E-state index is 11.9. The summed E-state index contributed by atoms with van der Waals surface area (Å²) in [6.07, 6.45) is 7.61. The Morgan fingerprint density at radius 3 is 2.57 bits per heavy atom. The largest absolute Gasteiger partial charge is 0.366 e. The Morgan fingerprint density at radius 1 is 1.22 bits per heavy atom. The first-order valence-corrected chi connectivity index (χ1v) is 8.18. The lowest BCUT2D eigenvalue weighted by molar-refractivity contribution is -0.116. The molecule has 0 saturated heterocycles. The number of nitrogens with two attached hydrogens (primary N) is 1. The molecule has 0 aliphatic heterocycles. The molecule has 0 unspecified atom stereocenters. The zero-order valence-electron chi connectivity index (χ0n) is 13.6. The van der Waals surface area contributed by atoms with Crippen molar-refractivity contribution in [3.05, 3.63) is 41.5 Å². The highest BCUT2D eigenvalue weighted by Gasteiger charge is 2.11. The maximum Gasteiger partial charge on any atom is 0.248 e. The van der Waals surface area contributed by atoms with Crippen molar-refractivity contribution in [2.75, 3.05) is 11.9 Å². The Bertz CT molecular complexity index is 578. The first kappa shape index (κ1) is 17.2. The van der Waals surface area contributed by atoms with Gasteiger partial charge in [0.05, 0.1) is 0 Å². The van der Waals surface area contributed by atoms with Gasteiger partial charge in [-0.1, -0.05) is 11.6 Å². The van der Waals surface area contributed by atoms with Crippen molar-refractivity contribution < 1.29 is 9.59 Å². The zero-order valence-corrected chi connectivity index (χ0v) is 13.6. The second-order valence-electron chi connectivity index (χ2n) is 5.94. The van der Waals surface area contributed by atoms with Crippen LogP contribution in [0.4, 0.5) is 5.69 Å². The Kier molecular flexibility index (Phi) is 6.35. The zero-order chi connectivity index (χ0) is 16.7. The predicted molar refractivity (Wildman–Crippen MR) is 92.2 cm³/mol. The fourth-order valence-corrected chi connectivity index (χ4v) is 2.73. The third-order valence-electron chi connectivity index (χ3n) is 4.14. The fraction of sp³-hybridized carbons (Fsp3) is 0.444. The highest BCUT2D eigenvalue weighted by Crippen LogP contribution is 2.20. The number of rotatable bonds is 7. The summed E-state index contributed by atoms with van der Waals surface area (Å²) >= 11 is 0. The molecule has 2 rings (SSSR count). The number of hydrogen-bond donors (Lipinski definition) is 3. The topological polar surface area (TPSA) is 84.2 Å². The van der Waals surface area contributed by atoms with Gasteiger partial charge in [-0.05, 0) is 56.9 Å². The molecule has 23 heavy (non-hydrogen) atoms. The molecule has 0 aromatic heterocycles. The minimum absolute atomic E-state index is 0.0471. The molecule has 1 atom stereocenters.